The Balaban J connectivity index is 2.23. The molecule has 0 aromatic heterocycles. The molecule has 1 heterocycles. The van der Waals surface area contributed by atoms with Gasteiger partial charge < -0.3 is 10.5 Å². The first-order valence-corrected chi connectivity index (χ1v) is 7.36. The van der Waals surface area contributed by atoms with Crippen LogP contribution in [0.2, 0.25) is 0 Å². The summed E-state index contributed by atoms with van der Waals surface area (Å²) < 4.78 is 5.80. The van der Waals surface area contributed by atoms with Crippen molar-refractivity contribution in [3.63, 3.8) is 0 Å². The van der Waals surface area contributed by atoms with Gasteiger partial charge in [-0.05, 0) is 63.5 Å². The van der Waals surface area contributed by atoms with Crippen LogP contribution in [0.25, 0.3) is 0 Å². The summed E-state index contributed by atoms with van der Waals surface area (Å²) in [6.07, 6.45) is 1.41. The number of likely N-dealkylation sites (tertiary alicyclic amines) is 1. The highest BCUT2D eigenvalue weighted by Gasteiger charge is 2.33. The Morgan fingerprint density at radius 2 is 2.21 bits per heavy atom. The first-order chi connectivity index (χ1) is 9.15. The van der Waals surface area contributed by atoms with Crippen molar-refractivity contribution in [2.24, 2.45) is 11.7 Å². The van der Waals surface area contributed by atoms with E-state index in [2.05, 4.69) is 43.9 Å². The van der Waals surface area contributed by atoms with Crippen molar-refractivity contribution in [1.29, 1.82) is 0 Å². The molecule has 106 valence electrons. The standard InChI is InChI=1S/C16H26N2O/c1-4-18-9-8-14(11-17)16(18)13-6-5-7-15(10-13)19-12(2)3/h5-7,10,12,14,16H,4,8-9,11,17H2,1-3H3. The normalized spacial score (nSPS) is 24.1. The Kier molecular flexibility index (Phi) is 4.83. The van der Waals surface area contributed by atoms with Crippen LogP contribution in [0, 0.1) is 5.92 Å². The lowest BCUT2D eigenvalue weighted by atomic mass is 9.93. The van der Waals surface area contributed by atoms with E-state index in [4.69, 9.17) is 10.5 Å². The summed E-state index contributed by atoms with van der Waals surface area (Å²) >= 11 is 0. The van der Waals surface area contributed by atoms with Gasteiger partial charge in [-0.15, -0.1) is 0 Å². The number of nitrogens with zero attached hydrogens (tertiary/aromatic N) is 1. The fourth-order valence-electron chi connectivity index (χ4n) is 3.06. The molecule has 1 aliphatic heterocycles. The highest BCUT2D eigenvalue weighted by atomic mass is 16.5. The van der Waals surface area contributed by atoms with E-state index in [1.807, 2.05) is 6.07 Å². The summed E-state index contributed by atoms with van der Waals surface area (Å²) in [4.78, 5) is 2.52. The molecule has 1 aromatic rings. The Labute approximate surface area is 116 Å². The van der Waals surface area contributed by atoms with E-state index in [0.29, 0.717) is 12.0 Å². The number of hydrogen-bond acceptors (Lipinski definition) is 3. The quantitative estimate of drug-likeness (QED) is 0.887. The lowest BCUT2D eigenvalue weighted by Crippen LogP contribution is -2.28. The summed E-state index contributed by atoms with van der Waals surface area (Å²) in [5, 5.41) is 0. The van der Waals surface area contributed by atoms with Gasteiger partial charge in [0.15, 0.2) is 0 Å². The van der Waals surface area contributed by atoms with Crippen LogP contribution >= 0.6 is 0 Å². The number of nitrogens with two attached hydrogens (primary N) is 1. The second-order valence-corrected chi connectivity index (χ2v) is 5.60. The largest absolute Gasteiger partial charge is 0.491 e. The van der Waals surface area contributed by atoms with Gasteiger partial charge in [-0.1, -0.05) is 19.1 Å². The first kappa shape index (κ1) is 14.4. The monoisotopic (exact) mass is 262 g/mol. The van der Waals surface area contributed by atoms with Crippen LogP contribution in [0.4, 0.5) is 0 Å². The lowest BCUT2D eigenvalue weighted by Gasteiger charge is -2.27. The van der Waals surface area contributed by atoms with E-state index >= 15 is 0 Å². The minimum absolute atomic E-state index is 0.214. The summed E-state index contributed by atoms with van der Waals surface area (Å²) in [5.74, 6) is 1.53. The van der Waals surface area contributed by atoms with Crippen molar-refractivity contribution in [1.82, 2.24) is 4.90 Å². The van der Waals surface area contributed by atoms with Gasteiger partial charge in [0.2, 0.25) is 0 Å². The Morgan fingerprint density at radius 1 is 1.42 bits per heavy atom. The van der Waals surface area contributed by atoms with Crippen molar-refractivity contribution < 1.29 is 4.74 Å². The molecule has 3 heteroatoms. The molecule has 0 radical (unpaired) electrons. The molecule has 0 aliphatic carbocycles. The molecule has 0 saturated carbocycles. The molecule has 2 atom stereocenters. The van der Waals surface area contributed by atoms with Crippen molar-refractivity contribution in [2.75, 3.05) is 19.6 Å². The van der Waals surface area contributed by atoms with Crippen LogP contribution in [0.1, 0.15) is 38.8 Å². The topological polar surface area (TPSA) is 38.5 Å². The second-order valence-electron chi connectivity index (χ2n) is 5.60. The highest BCUT2D eigenvalue weighted by Crippen LogP contribution is 2.37. The maximum Gasteiger partial charge on any atom is 0.120 e. The SMILES string of the molecule is CCN1CCC(CN)C1c1cccc(OC(C)C)c1. The predicted molar refractivity (Wildman–Crippen MR) is 79.4 cm³/mol. The average molecular weight is 262 g/mol. The molecule has 0 amide bonds. The number of rotatable bonds is 5. The molecule has 2 N–H and O–H groups in total. The molecule has 2 unspecified atom stereocenters. The second kappa shape index (κ2) is 6.40. The molecule has 1 aromatic carbocycles. The van der Waals surface area contributed by atoms with Crippen LogP contribution < -0.4 is 10.5 Å². The number of benzene rings is 1. The fraction of sp³-hybridized carbons (Fsp3) is 0.625. The van der Waals surface area contributed by atoms with Crippen LogP contribution in [0.3, 0.4) is 0 Å². The summed E-state index contributed by atoms with van der Waals surface area (Å²) in [6.45, 7) is 9.33. The van der Waals surface area contributed by atoms with Crippen LogP contribution in [-0.2, 0) is 0 Å². The van der Waals surface area contributed by atoms with Crippen molar-refractivity contribution in [3.05, 3.63) is 29.8 Å². The van der Waals surface area contributed by atoms with Gasteiger partial charge in [-0.25, -0.2) is 0 Å². The smallest absolute Gasteiger partial charge is 0.120 e. The first-order valence-electron chi connectivity index (χ1n) is 7.36. The molecule has 1 saturated heterocycles. The van der Waals surface area contributed by atoms with Crippen molar-refractivity contribution in [2.45, 2.75) is 39.3 Å². The van der Waals surface area contributed by atoms with Crippen LogP contribution in [-0.4, -0.2) is 30.6 Å². The molecule has 1 aliphatic rings. The number of ether oxygens (including phenoxy) is 1. The van der Waals surface area contributed by atoms with Crippen LogP contribution in [0.15, 0.2) is 24.3 Å². The third kappa shape index (κ3) is 3.28. The maximum absolute atomic E-state index is 5.94. The zero-order chi connectivity index (χ0) is 13.8. The van der Waals surface area contributed by atoms with Gasteiger partial charge in [-0.3, -0.25) is 4.90 Å². The third-order valence-corrected chi connectivity index (χ3v) is 3.91. The Hall–Kier alpha value is -1.06. The van der Waals surface area contributed by atoms with Gasteiger partial charge in [0.25, 0.3) is 0 Å². The van der Waals surface area contributed by atoms with E-state index in [9.17, 15) is 0 Å². The molecule has 1 fully saturated rings. The van der Waals surface area contributed by atoms with Gasteiger partial charge in [-0.2, -0.15) is 0 Å². The zero-order valence-corrected chi connectivity index (χ0v) is 12.3. The Bertz CT molecular complexity index is 393. The molecule has 0 spiro atoms. The fourth-order valence-corrected chi connectivity index (χ4v) is 3.06. The Morgan fingerprint density at radius 3 is 2.84 bits per heavy atom. The number of hydrogen-bond donors (Lipinski definition) is 1. The van der Waals surface area contributed by atoms with Gasteiger partial charge in [0.1, 0.15) is 5.75 Å². The molecule has 3 nitrogen and oxygen atoms in total. The summed E-state index contributed by atoms with van der Waals surface area (Å²) in [7, 11) is 0. The maximum atomic E-state index is 5.94. The molecule has 2 rings (SSSR count). The van der Waals surface area contributed by atoms with Gasteiger partial charge in [0.05, 0.1) is 6.10 Å². The van der Waals surface area contributed by atoms with E-state index in [1.165, 1.54) is 12.0 Å². The molecular weight excluding hydrogens is 236 g/mol. The minimum Gasteiger partial charge on any atom is -0.491 e. The van der Waals surface area contributed by atoms with Crippen LogP contribution in [0.5, 0.6) is 5.75 Å². The minimum atomic E-state index is 0.214. The summed E-state index contributed by atoms with van der Waals surface area (Å²) in [5.41, 5.74) is 7.28. The van der Waals surface area contributed by atoms with Gasteiger partial charge >= 0.3 is 0 Å². The van der Waals surface area contributed by atoms with E-state index in [0.717, 1.165) is 25.4 Å². The van der Waals surface area contributed by atoms with Crippen molar-refractivity contribution >= 4 is 0 Å². The summed E-state index contributed by atoms with van der Waals surface area (Å²) in [6, 6.07) is 8.96. The molecule has 19 heavy (non-hydrogen) atoms. The van der Waals surface area contributed by atoms with Crippen molar-refractivity contribution in [3.8, 4) is 5.75 Å². The van der Waals surface area contributed by atoms with E-state index < -0.39 is 0 Å². The third-order valence-electron chi connectivity index (χ3n) is 3.91. The average Bonchev–Trinajstić information content (AvgIpc) is 2.81. The molecule has 0 bridgehead atoms. The zero-order valence-electron chi connectivity index (χ0n) is 12.3. The predicted octanol–water partition coefficient (Wildman–Crippen LogP) is 2.82. The molecular formula is C16H26N2O. The van der Waals surface area contributed by atoms with E-state index in [-0.39, 0.29) is 6.10 Å². The lowest BCUT2D eigenvalue weighted by molar-refractivity contribution is 0.232. The van der Waals surface area contributed by atoms with E-state index in [1.54, 1.807) is 0 Å². The van der Waals surface area contributed by atoms with Gasteiger partial charge in [0, 0.05) is 6.04 Å². The highest BCUT2D eigenvalue weighted by molar-refractivity contribution is 5.31.